The van der Waals surface area contributed by atoms with Crippen molar-refractivity contribution in [3.8, 4) is 0 Å². The van der Waals surface area contributed by atoms with Gasteiger partial charge in [-0.3, -0.25) is 0 Å². The summed E-state index contributed by atoms with van der Waals surface area (Å²) in [5.41, 5.74) is 0. The zero-order valence-electron chi connectivity index (χ0n) is 7.22. The summed E-state index contributed by atoms with van der Waals surface area (Å²) in [6.07, 6.45) is 3.29. The van der Waals surface area contributed by atoms with Crippen LogP contribution >= 0.6 is 0 Å². The number of carbonyl (C=O) groups excluding carboxylic acids is 1. The molecule has 0 aliphatic rings. The molecule has 0 aliphatic carbocycles. The van der Waals surface area contributed by atoms with Gasteiger partial charge in [-0.1, -0.05) is 26.8 Å². The van der Waals surface area contributed by atoms with Crippen LogP contribution in [0.2, 0.25) is 0 Å². The van der Waals surface area contributed by atoms with Gasteiger partial charge in [0.15, 0.2) is 0 Å². The highest BCUT2D eigenvalue weighted by Crippen LogP contribution is 2.07. The highest BCUT2D eigenvalue weighted by atomic mass is 16.5. The minimum atomic E-state index is -0.347. The molecule has 11 heavy (non-hydrogen) atoms. The molecule has 2 heteroatoms. The van der Waals surface area contributed by atoms with Crippen LogP contribution in [0.3, 0.4) is 0 Å². The third-order valence-electron chi connectivity index (χ3n) is 1.30. The molecular formula is C9H15O2. The Hall–Kier alpha value is -0.790. The third-order valence-corrected chi connectivity index (χ3v) is 1.30. The highest BCUT2D eigenvalue weighted by molar-refractivity contribution is 5.81. The first-order valence-corrected chi connectivity index (χ1v) is 3.81. The van der Waals surface area contributed by atoms with Gasteiger partial charge >= 0.3 is 5.97 Å². The molecular weight excluding hydrogens is 140 g/mol. The van der Waals surface area contributed by atoms with E-state index >= 15 is 0 Å². The molecule has 0 aromatic heterocycles. The Morgan fingerprint density at radius 1 is 1.64 bits per heavy atom. The van der Waals surface area contributed by atoms with Crippen molar-refractivity contribution in [2.45, 2.75) is 26.7 Å². The summed E-state index contributed by atoms with van der Waals surface area (Å²) >= 11 is 0. The van der Waals surface area contributed by atoms with E-state index < -0.39 is 0 Å². The highest BCUT2D eigenvalue weighted by Gasteiger charge is 2.03. The molecule has 0 fully saturated rings. The number of ether oxygens (including phenoxy) is 1. The molecule has 0 atom stereocenters. The average molecular weight is 155 g/mol. The Morgan fingerprint density at radius 3 is 2.73 bits per heavy atom. The summed E-state index contributed by atoms with van der Waals surface area (Å²) < 4.78 is 4.81. The normalized spacial score (nSPS) is 9.73. The van der Waals surface area contributed by atoms with E-state index in [9.17, 15) is 4.79 Å². The number of carbonyl (C=O) groups is 1. The minimum Gasteiger partial charge on any atom is -0.462 e. The number of hydrogen-bond donors (Lipinski definition) is 0. The quantitative estimate of drug-likeness (QED) is 0.449. The fourth-order valence-corrected chi connectivity index (χ4v) is 0.752. The fourth-order valence-electron chi connectivity index (χ4n) is 0.752. The molecule has 0 amide bonds. The van der Waals surface area contributed by atoms with Crippen LogP contribution in [0.5, 0.6) is 0 Å². The SMILES string of the molecule is C=CC(=O)OC[C](C)CCC. The lowest BCUT2D eigenvalue weighted by molar-refractivity contribution is -0.137. The van der Waals surface area contributed by atoms with Crippen LogP contribution in [0, 0.1) is 5.92 Å². The first-order chi connectivity index (χ1) is 5.20. The van der Waals surface area contributed by atoms with Gasteiger partial charge in [-0.2, -0.15) is 0 Å². The summed E-state index contributed by atoms with van der Waals surface area (Å²) in [6.45, 7) is 7.81. The molecule has 1 radical (unpaired) electrons. The molecule has 2 nitrogen and oxygen atoms in total. The molecule has 0 unspecified atom stereocenters. The number of esters is 1. The van der Waals surface area contributed by atoms with Gasteiger partial charge in [0.2, 0.25) is 0 Å². The Labute approximate surface area is 68.2 Å². The topological polar surface area (TPSA) is 26.3 Å². The van der Waals surface area contributed by atoms with E-state index in [0.29, 0.717) is 6.61 Å². The van der Waals surface area contributed by atoms with Gasteiger partial charge < -0.3 is 4.74 Å². The maximum atomic E-state index is 10.6. The van der Waals surface area contributed by atoms with Gasteiger partial charge in [0.05, 0.1) is 6.61 Å². The average Bonchev–Trinajstić information content (AvgIpc) is 2.01. The Bertz CT molecular complexity index is 130. The fraction of sp³-hybridized carbons (Fsp3) is 0.556. The van der Waals surface area contributed by atoms with Gasteiger partial charge in [0.25, 0.3) is 0 Å². The van der Waals surface area contributed by atoms with E-state index in [1.165, 1.54) is 12.0 Å². The monoisotopic (exact) mass is 155 g/mol. The smallest absolute Gasteiger partial charge is 0.330 e. The van der Waals surface area contributed by atoms with E-state index in [-0.39, 0.29) is 5.97 Å². The molecule has 0 saturated heterocycles. The van der Waals surface area contributed by atoms with E-state index in [1.807, 2.05) is 6.92 Å². The van der Waals surface area contributed by atoms with Crippen LogP contribution in [-0.2, 0) is 9.53 Å². The predicted molar refractivity (Wildman–Crippen MR) is 45.0 cm³/mol. The summed E-state index contributed by atoms with van der Waals surface area (Å²) in [4.78, 5) is 10.6. The number of rotatable bonds is 5. The second-order valence-electron chi connectivity index (χ2n) is 2.52. The molecule has 0 heterocycles. The molecule has 0 N–H and O–H groups in total. The zero-order chi connectivity index (χ0) is 8.69. The van der Waals surface area contributed by atoms with Gasteiger partial charge in [-0.05, 0) is 6.42 Å². The zero-order valence-corrected chi connectivity index (χ0v) is 7.22. The van der Waals surface area contributed by atoms with Crippen LogP contribution in [0.1, 0.15) is 26.7 Å². The molecule has 0 aromatic carbocycles. The summed E-state index contributed by atoms with van der Waals surface area (Å²) in [7, 11) is 0. The van der Waals surface area contributed by atoms with Crippen LogP contribution in [0.15, 0.2) is 12.7 Å². The summed E-state index contributed by atoms with van der Waals surface area (Å²) in [5, 5.41) is 0. The van der Waals surface area contributed by atoms with Gasteiger partial charge in [0, 0.05) is 12.0 Å². The summed E-state index contributed by atoms with van der Waals surface area (Å²) in [5.74, 6) is 0.850. The first kappa shape index (κ1) is 10.2. The molecule has 0 aliphatic heterocycles. The minimum absolute atomic E-state index is 0.347. The largest absolute Gasteiger partial charge is 0.462 e. The molecule has 63 valence electrons. The maximum Gasteiger partial charge on any atom is 0.330 e. The van der Waals surface area contributed by atoms with Crippen molar-refractivity contribution in [1.82, 2.24) is 0 Å². The molecule has 0 saturated carbocycles. The Balaban J connectivity index is 3.37. The van der Waals surface area contributed by atoms with Crippen molar-refractivity contribution in [3.63, 3.8) is 0 Å². The second-order valence-corrected chi connectivity index (χ2v) is 2.52. The van der Waals surface area contributed by atoms with Crippen molar-refractivity contribution in [2.75, 3.05) is 6.61 Å². The van der Waals surface area contributed by atoms with Crippen molar-refractivity contribution in [2.24, 2.45) is 0 Å². The van der Waals surface area contributed by atoms with Crippen LogP contribution < -0.4 is 0 Å². The van der Waals surface area contributed by atoms with E-state index in [0.717, 1.165) is 12.8 Å². The molecule has 0 aromatic rings. The van der Waals surface area contributed by atoms with Crippen molar-refractivity contribution in [1.29, 1.82) is 0 Å². The maximum absolute atomic E-state index is 10.6. The predicted octanol–water partition coefficient (Wildman–Crippen LogP) is 2.11. The molecule has 0 spiro atoms. The lowest BCUT2D eigenvalue weighted by Crippen LogP contribution is -2.07. The van der Waals surface area contributed by atoms with Crippen molar-refractivity contribution >= 4 is 5.97 Å². The van der Waals surface area contributed by atoms with E-state index in [1.54, 1.807) is 0 Å². The lowest BCUT2D eigenvalue weighted by atomic mass is 10.1. The third kappa shape index (κ3) is 5.64. The van der Waals surface area contributed by atoms with Crippen molar-refractivity contribution in [3.05, 3.63) is 18.6 Å². The van der Waals surface area contributed by atoms with E-state index in [4.69, 9.17) is 4.74 Å². The Morgan fingerprint density at radius 2 is 2.27 bits per heavy atom. The molecule has 0 rings (SSSR count). The van der Waals surface area contributed by atoms with Crippen LogP contribution in [-0.4, -0.2) is 12.6 Å². The Kier molecular flexibility index (Phi) is 5.53. The standard InChI is InChI=1S/C9H15O2/c1-4-6-8(3)7-11-9(10)5-2/h5H,2,4,6-7H2,1,3H3. The van der Waals surface area contributed by atoms with Gasteiger partial charge in [-0.25, -0.2) is 4.79 Å². The van der Waals surface area contributed by atoms with Gasteiger partial charge in [0.1, 0.15) is 0 Å². The number of hydrogen-bond acceptors (Lipinski definition) is 2. The molecule has 0 bridgehead atoms. The lowest BCUT2D eigenvalue weighted by Gasteiger charge is -2.07. The van der Waals surface area contributed by atoms with Crippen LogP contribution in [0.4, 0.5) is 0 Å². The first-order valence-electron chi connectivity index (χ1n) is 3.81. The van der Waals surface area contributed by atoms with Crippen LogP contribution in [0.25, 0.3) is 0 Å². The van der Waals surface area contributed by atoms with Gasteiger partial charge in [-0.15, -0.1) is 0 Å². The van der Waals surface area contributed by atoms with E-state index in [2.05, 4.69) is 13.5 Å². The van der Waals surface area contributed by atoms with Crippen molar-refractivity contribution < 1.29 is 9.53 Å². The summed E-state index contributed by atoms with van der Waals surface area (Å²) in [6, 6.07) is 0. The second kappa shape index (κ2) is 5.96.